The predicted molar refractivity (Wildman–Crippen MR) is 109 cm³/mol. The first-order valence-electron chi connectivity index (χ1n) is 9.30. The normalized spacial score (nSPS) is 19.5. The van der Waals surface area contributed by atoms with Crippen molar-refractivity contribution >= 4 is 28.4 Å². The van der Waals surface area contributed by atoms with Crippen LogP contribution in [0.3, 0.4) is 0 Å². The second-order valence-electron chi connectivity index (χ2n) is 7.00. The number of halogens is 1. The third-order valence-corrected chi connectivity index (χ3v) is 5.24. The number of carbonyl (C=O) groups excluding carboxylic acids is 1. The Kier molecular flexibility index (Phi) is 5.57. The van der Waals surface area contributed by atoms with Crippen LogP contribution in [0.25, 0.3) is 10.9 Å². The maximum atomic E-state index is 12.8. The second kappa shape index (κ2) is 8.27. The summed E-state index contributed by atoms with van der Waals surface area (Å²) in [6, 6.07) is 17.0. The van der Waals surface area contributed by atoms with Gasteiger partial charge in [-0.3, -0.25) is 4.79 Å². The van der Waals surface area contributed by atoms with E-state index in [1.807, 2.05) is 54.6 Å². The van der Waals surface area contributed by atoms with Crippen LogP contribution in [0.2, 0.25) is 5.02 Å². The Hall–Kier alpha value is -2.47. The summed E-state index contributed by atoms with van der Waals surface area (Å²) in [6.45, 7) is 0.757. The van der Waals surface area contributed by atoms with Crippen molar-refractivity contribution in [2.45, 2.75) is 25.0 Å². The summed E-state index contributed by atoms with van der Waals surface area (Å²) in [4.78, 5) is 17.3. The van der Waals surface area contributed by atoms with Gasteiger partial charge < -0.3 is 15.2 Å². The van der Waals surface area contributed by atoms with Crippen LogP contribution in [0.1, 0.15) is 28.0 Å². The highest BCUT2D eigenvalue weighted by atomic mass is 35.5. The number of amides is 1. The quantitative estimate of drug-likeness (QED) is 0.709. The van der Waals surface area contributed by atoms with Gasteiger partial charge in [-0.05, 0) is 48.2 Å². The Morgan fingerprint density at radius 1 is 1.21 bits per heavy atom. The Morgan fingerprint density at radius 3 is 2.79 bits per heavy atom. The molecule has 2 atom stereocenters. The monoisotopic (exact) mass is 396 g/mol. The first-order valence-corrected chi connectivity index (χ1v) is 9.68. The molecule has 5 nitrogen and oxygen atoms in total. The molecule has 2 N–H and O–H groups in total. The Balaban J connectivity index is 1.65. The van der Waals surface area contributed by atoms with Gasteiger partial charge in [0, 0.05) is 17.0 Å². The Morgan fingerprint density at radius 2 is 2.00 bits per heavy atom. The highest BCUT2D eigenvalue weighted by Crippen LogP contribution is 2.22. The molecule has 0 bridgehead atoms. The largest absolute Gasteiger partial charge is 0.389 e. The fourth-order valence-electron chi connectivity index (χ4n) is 3.47. The summed E-state index contributed by atoms with van der Waals surface area (Å²) in [5.74, 6) is -0.283. The first-order chi connectivity index (χ1) is 13.6. The zero-order valence-electron chi connectivity index (χ0n) is 15.3. The number of rotatable bonds is 4. The number of fused-ring (bicyclic) bond motifs is 1. The highest BCUT2D eigenvalue weighted by molar-refractivity contribution is 6.30. The molecule has 0 radical (unpaired) electrons. The van der Waals surface area contributed by atoms with Gasteiger partial charge in [-0.25, -0.2) is 4.98 Å². The zero-order chi connectivity index (χ0) is 19.5. The fraction of sp³-hybridized carbons (Fsp3) is 0.273. The van der Waals surface area contributed by atoms with E-state index < -0.39 is 6.10 Å². The van der Waals surface area contributed by atoms with E-state index in [1.54, 1.807) is 0 Å². The predicted octanol–water partition coefficient (Wildman–Crippen LogP) is 3.36. The molecule has 1 aromatic heterocycles. The van der Waals surface area contributed by atoms with Crippen LogP contribution >= 0.6 is 11.6 Å². The van der Waals surface area contributed by atoms with Gasteiger partial charge in [0.05, 0.1) is 24.3 Å². The smallest absolute Gasteiger partial charge is 0.270 e. The number of aromatic nitrogens is 1. The van der Waals surface area contributed by atoms with Crippen molar-refractivity contribution < 1.29 is 14.6 Å². The number of carbonyl (C=O) groups is 1. The van der Waals surface area contributed by atoms with E-state index in [9.17, 15) is 9.90 Å². The molecule has 1 saturated heterocycles. The van der Waals surface area contributed by atoms with E-state index in [-0.39, 0.29) is 18.6 Å². The number of para-hydroxylation sites is 1. The molecular formula is C22H21ClN2O3. The molecule has 1 aliphatic heterocycles. The van der Waals surface area contributed by atoms with E-state index in [1.165, 1.54) is 0 Å². The van der Waals surface area contributed by atoms with E-state index in [0.717, 1.165) is 22.0 Å². The van der Waals surface area contributed by atoms with Gasteiger partial charge in [0.15, 0.2) is 0 Å². The van der Waals surface area contributed by atoms with Crippen molar-refractivity contribution in [3.8, 4) is 0 Å². The number of aliphatic hydroxyl groups excluding tert-OH is 1. The lowest BCUT2D eigenvalue weighted by molar-refractivity contribution is -0.0261. The van der Waals surface area contributed by atoms with Crippen molar-refractivity contribution in [1.82, 2.24) is 10.3 Å². The van der Waals surface area contributed by atoms with Gasteiger partial charge in [-0.1, -0.05) is 41.9 Å². The van der Waals surface area contributed by atoms with Crippen molar-refractivity contribution in [2.24, 2.45) is 0 Å². The number of pyridine rings is 1. The maximum absolute atomic E-state index is 12.8. The van der Waals surface area contributed by atoms with Gasteiger partial charge >= 0.3 is 0 Å². The van der Waals surface area contributed by atoms with E-state index in [2.05, 4.69) is 10.3 Å². The first kappa shape index (κ1) is 18.9. The van der Waals surface area contributed by atoms with Crippen LogP contribution in [0.15, 0.2) is 54.6 Å². The van der Waals surface area contributed by atoms with Crippen molar-refractivity contribution in [1.29, 1.82) is 0 Å². The molecule has 6 heteroatoms. The lowest BCUT2D eigenvalue weighted by Crippen LogP contribution is -2.48. The molecule has 2 heterocycles. The minimum absolute atomic E-state index is 0.234. The van der Waals surface area contributed by atoms with Crippen molar-refractivity contribution in [2.75, 3.05) is 13.2 Å². The second-order valence-corrected chi connectivity index (χ2v) is 7.43. The summed E-state index contributed by atoms with van der Waals surface area (Å²) < 4.78 is 5.22. The van der Waals surface area contributed by atoms with Crippen LogP contribution in [-0.2, 0) is 11.2 Å². The molecule has 28 heavy (non-hydrogen) atoms. The molecule has 4 rings (SSSR count). The SMILES string of the molecule is O=C(NC1CCOCC1O)c1cc(Cc2ccc(Cl)cc2)c2ccccc2n1. The average molecular weight is 397 g/mol. The minimum atomic E-state index is -0.702. The summed E-state index contributed by atoms with van der Waals surface area (Å²) in [5.41, 5.74) is 3.24. The molecule has 0 saturated carbocycles. The van der Waals surface area contributed by atoms with E-state index in [4.69, 9.17) is 16.3 Å². The van der Waals surface area contributed by atoms with E-state index in [0.29, 0.717) is 30.2 Å². The average Bonchev–Trinajstić information content (AvgIpc) is 2.71. The zero-order valence-corrected chi connectivity index (χ0v) is 16.0. The van der Waals surface area contributed by atoms with Crippen molar-refractivity contribution in [3.05, 3.63) is 76.4 Å². The van der Waals surface area contributed by atoms with Gasteiger partial charge in [0.1, 0.15) is 5.69 Å². The van der Waals surface area contributed by atoms with Crippen LogP contribution in [0, 0.1) is 0 Å². The van der Waals surface area contributed by atoms with Gasteiger partial charge in [0.2, 0.25) is 0 Å². The van der Waals surface area contributed by atoms with Gasteiger partial charge in [-0.15, -0.1) is 0 Å². The van der Waals surface area contributed by atoms with Crippen LogP contribution < -0.4 is 5.32 Å². The molecule has 1 aliphatic rings. The van der Waals surface area contributed by atoms with Crippen LogP contribution in [-0.4, -0.2) is 41.4 Å². The molecule has 3 aromatic rings. The number of hydrogen-bond acceptors (Lipinski definition) is 4. The third-order valence-electron chi connectivity index (χ3n) is 4.99. The number of benzene rings is 2. The molecule has 144 valence electrons. The topological polar surface area (TPSA) is 71.5 Å². The van der Waals surface area contributed by atoms with Gasteiger partial charge in [0.25, 0.3) is 5.91 Å². The molecule has 0 aliphatic carbocycles. The van der Waals surface area contributed by atoms with Gasteiger partial charge in [-0.2, -0.15) is 0 Å². The Bertz CT molecular complexity index is 991. The highest BCUT2D eigenvalue weighted by Gasteiger charge is 2.26. The third kappa shape index (κ3) is 4.17. The molecular weight excluding hydrogens is 376 g/mol. The molecule has 1 amide bonds. The maximum Gasteiger partial charge on any atom is 0.270 e. The number of aliphatic hydroxyl groups is 1. The molecule has 2 aromatic carbocycles. The molecule has 2 unspecified atom stereocenters. The summed E-state index contributed by atoms with van der Waals surface area (Å²) in [5, 5.41) is 14.6. The number of nitrogens with zero attached hydrogens (tertiary/aromatic N) is 1. The number of nitrogens with one attached hydrogen (secondary N) is 1. The lowest BCUT2D eigenvalue weighted by atomic mass is 9.99. The van der Waals surface area contributed by atoms with Crippen LogP contribution in [0.5, 0.6) is 0 Å². The number of ether oxygens (including phenoxy) is 1. The standard InChI is InChI=1S/C22H21ClN2O3/c23-16-7-5-14(6-8-16)11-15-12-20(24-18-4-2-1-3-17(15)18)22(27)25-19-9-10-28-13-21(19)26/h1-8,12,19,21,26H,9-11,13H2,(H,25,27). The molecule has 0 spiro atoms. The van der Waals surface area contributed by atoms with Crippen LogP contribution in [0.4, 0.5) is 0 Å². The fourth-order valence-corrected chi connectivity index (χ4v) is 3.59. The molecule has 1 fully saturated rings. The lowest BCUT2D eigenvalue weighted by Gasteiger charge is -2.28. The summed E-state index contributed by atoms with van der Waals surface area (Å²) in [6.07, 6.45) is 0.546. The van der Waals surface area contributed by atoms with Crippen molar-refractivity contribution in [3.63, 3.8) is 0 Å². The minimum Gasteiger partial charge on any atom is -0.389 e. The van der Waals surface area contributed by atoms with E-state index >= 15 is 0 Å². The number of hydrogen-bond donors (Lipinski definition) is 2. The Labute approximate surface area is 168 Å². The summed E-state index contributed by atoms with van der Waals surface area (Å²) >= 11 is 5.99. The summed E-state index contributed by atoms with van der Waals surface area (Å²) in [7, 11) is 0.